The Kier molecular flexibility index (Phi) is 3.46. The van der Waals surface area contributed by atoms with E-state index in [1.165, 1.54) is 0 Å². The van der Waals surface area contributed by atoms with Crippen molar-refractivity contribution in [2.45, 2.75) is 13.0 Å². The van der Waals surface area contributed by atoms with E-state index in [2.05, 4.69) is 20.7 Å². The van der Waals surface area contributed by atoms with Crippen LogP contribution in [0.15, 0.2) is 47.5 Å². The van der Waals surface area contributed by atoms with Crippen molar-refractivity contribution in [2.24, 2.45) is 0 Å². The highest BCUT2D eigenvalue weighted by Crippen LogP contribution is 2.13. The van der Waals surface area contributed by atoms with Crippen molar-refractivity contribution in [2.75, 3.05) is 5.32 Å². The maximum Gasteiger partial charge on any atom is 0.275 e. The van der Waals surface area contributed by atoms with Crippen LogP contribution in [0.4, 0.5) is 5.69 Å². The fourth-order valence-electron chi connectivity index (χ4n) is 2.04. The molecular weight excluding hydrogens is 270 g/mol. The number of anilines is 1. The summed E-state index contributed by atoms with van der Waals surface area (Å²) in [5, 5.41) is 12.7. The predicted molar refractivity (Wildman–Crippen MR) is 77.8 cm³/mol. The van der Waals surface area contributed by atoms with Gasteiger partial charge in [0.25, 0.3) is 5.56 Å². The minimum atomic E-state index is -0.330. The van der Waals surface area contributed by atoms with Crippen LogP contribution in [-0.2, 0) is 11.3 Å². The van der Waals surface area contributed by atoms with Gasteiger partial charge in [0.2, 0.25) is 5.91 Å². The summed E-state index contributed by atoms with van der Waals surface area (Å²) in [5.41, 5.74) is 0.728. The smallest absolute Gasteiger partial charge is 0.275 e. The highest BCUT2D eigenvalue weighted by molar-refractivity contribution is 5.93. The molecule has 2 N–H and O–H groups in total. The lowest BCUT2D eigenvalue weighted by molar-refractivity contribution is -0.116. The second-order valence-electron chi connectivity index (χ2n) is 4.59. The minimum Gasteiger partial charge on any atom is -0.354 e. The van der Waals surface area contributed by atoms with Crippen LogP contribution in [0.5, 0.6) is 0 Å². The van der Waals surface area contributed by atoms with Crippen LogP contribution >= 0.6 is 0 Å². The van der Waals surface area contributed by atoms with Crippen molar-refractivity contribution in [1.29, 1.82) is 0 Å². The summed E-state index contributed by atoms with van der Waals surface area (Å²) in [6, 6.07) is 8.77. The zero-order chi connectivity index (χ0) is 14.7. The molecule has 0 radical (unpaired) electrons. The average Bonchev–Trinajstić information content (AvgIpc) is 2.99. The molecule has 2 heterocycles. The molecule has 0 fully saturated rings. The molecule has 7 heteroatoms. The Hall–Kier alpha value is -2.96. The summed E-state index contributed by atoms with van der Waals surface area (Å²) in [4.78, 5) is 23.5. The molecule has 0 bridgehead atoms. The summed E-state index contributed by atoms with van der Waals surface area (Å²) in [6.07, 6.45) is 4.17. The molecule has 0 atom stereocenters. The second kappa shape index (κ2) is 5.58. The van der Waals surface area contributed by atoms with E-state index in [1.54, 1.807) is 18.2 Å². The van der Waals surface area contributed by atoms with Gasteiger partial charge in [0.1, 0.15) is 5.52 Å². The predicted octanol–water partition coefficient (Wildman–Crippen LogP) is 1.15. The summed E-state index contributed by atoms with van der Waals surface area (Å²) in [5.74, 6) is -0.110. The molecular formula is C14H13N5O2. The third kappa shape index (κ3) is 2.97. The Labute approximate surface area is 119 Å². The Morgan fingerprint density at radius 1 is 1.29 bits per heavy atom. The van der Waals surface area contributed by atoms with Gasteiger partial charge in [0.05, 0.1) is 5.39 Å². The topological polar surface area (TPSA) is 92.7 Å². The largest absolute Gasteiger partial charge is 0.354 e. The van der Waals surface area contributed by atoms with Gasteiger partial charge in [-0.2, -0.15) is 0 Å². The molecule has 0 saturated carbocycles. The molecule has 2 aromatic heterocycles. The number of carbonyl (C=O) groups excluding carboxylic acids is 1. The number of aromatic amines is 1. The van der Waals surface area contributed by atoms with Crippen molar-refractivity contribution in [3.63, 3.8) is 0 Å². The Morgan fingerprint density at radius 2 is 2.10 bits per heavy atom. The van der Waals surface area contributed by atoms with E-state index in [9.17, 15) is 9.59 Å². The van der Waals surface area contributed by atoms with Gasteiger partial charge in [-0.05, 0) is 30.3 Å². The van der Waals surface area contributed by atoms with Crippen molar-refractivity contribution < 1.29 is 4.79 Å². The fourth-order valence-corrected chi connectivity index (χ4v) is 2.04. The summed E-state index contributed by atoms with van der Waals surface area (Å²) in [6.45, 7) is 0.610. The number of H-pyrrole nitrogens is 1. The average molecular weight is 283 g/mol. The highest BCUT2D eigenvalue weighted by atomic mass is 16.1. The monoisotopic (exact) mass is 283 g/mol. The number of hydrogen-bond donors (Lipinski definition) is 2. The molecule has 106 valence electrons. The van der Waals surface area contributed by atoms with Crippen LogP contribution in [0.1, 0.15) is 6.42 Å². The summed E-state index contributed by atoms with van der Waals surface area (Å²) in [7, 11) is 0. The van der Waals surface area contributed by atoms with Crippen LogP contribution in [0, 0.1) is 0 Å². The molecule has 3 rings (SSSR count). The van der Waals surface area contributed by atoms with Crippen LogP contribution in [0.3, 0.4) is 0 Å². The quantitative estimate of drug-likeness (QED) is 0.751. The number of aromatic nitrogens is 4. The normalized spacial score (nSPS) is 10.7. The zero-order valence-corrected chi connectivity index (χ0v) is 11.1. The Balaban J connectivity index is 1.71. The third-order valence-electron chi connectivity index (χ3n) is 3.10. The van der Waals surface area contributed by atoms with E-state index < -0.39 is 0 Å². The Bertz CT molecular complexity index is 823. The van der Waals surface area contributed by atoms with Crippen molar-refractivity contribution >= 4 is 22.5 Å². The summed E-state index contributed by atoms with van der Waals surface area (Å²) < 4.78 is 1.93. The first-order valence-electron chi connectivity index (χ1n) is 6.48. The van der Waals surface area contributed by atoms with Crippen LogP contribution < -0.4 is 10.9 Å². The number of rotatable bonds is 4. The van der Waals surface area contributed by atoms with E-state index in [0.717, 1.165) is 0 Å². The van der Waals surface area contributed by atoms with Gasteiger partial charge in [0, 0.05) is 31.0 Å². The van der Waals surface area contributed by atoms with Crippen molar-refractivity contribution in [3.05, 3.63) is 53.1 Å². The summed E-state index contributed by atoms with van der Waals surface area (Å²) >= 11 is 0. The van der Waals surface area contributed by atoms with Gasteiger partial charge in [-0.3, -0.25) is 9.59 Å². The molecule has 1 aromatic carbocycles. The van der Waals surface area contributed by atoms with E-state index in [-0.39, 0.29) is 11.5 Å². The van der Waals surface area contributed by atoms with E-state index in [0.29, 0.717) is 29.6 Å². The minimum absolute atomic E-state index is 0.110. The van der Waals surface area contributed by atoms with E-state index in [4.69, 9.17) is 0 Å². The molecule has 3 aromatic rings. The zero-order valence-electron chi connectivity index (χ0n) is 11.1. The number of nitrogens with zero attached hydrogens (tertiary/aromatic N) is 3. The first-order valence-corrected chi connectivity index (χ1v) is 6.48. The number of benzene rings is 1. The lowest BCUT2D eigenvalue weighted by atomic mass is 10.2. The van der Waals surface area contributed by atoms with Crippen molar-refractivity contribution in [1.82, 2.24) is 20.0 Å². The molecule has 0 saturated heterocycles. The molecule has 0 aliphatic carbocycles. The SMILES string of the molecule is O=C(CCn1cccc1)Nc1ccc2nn[nH]c(=O)c2c1. The lowest BCUT2D eigenvalue weighted by Gasteiger charge is -2.06. The van der Waals surface area contributed by atoms with Gasteiger partial charge in [-0.1, -0.05) is 5.21 Å². The first kappa shape index (κ1) is 13.0. The van der Waals surface area contributed by atoms with Crippen LogP contribution in [-0.4, -0.2) is 25.9 Å². The molecule has 0 aliphatic heterocycles. The van der Waals surface area contributed by atoms with Gasteiger partial charge in [-0.15, -0.1) is 5.10 Å². The number of nitrogens with one attached hydrogen (secondary N) is 2. The standard InChI is InChI=1S/C14H13N5O2/c20-13(5-8-19-6-1-2-7-19)15-10-3-4-12-11(9-10)14(21)17-18-16-12/h1-4,6-7,9H,5,8H2,(H,15,20)(H,16,17,21). The number of carbonyl (C=O) groups is 1. The van der Waals surface area contributed by atoms with Gasteiger partial charge in [-0.25, -0.2) is 5.10 Å². The molecule has 21 heavy (non-hydrogen) atoms. The number of hydrogen-bond acceptors (Lipinski definition) is 4. The first-order chi connectivity index (χ1) is 10.2. The second-order valence-corrected chi connectivity index (χ2v) is 4.59. The molecule has 7 nitrogen and oxygen atoms in total. The molecule has 0 aliphatic rings. The Morgan fingerprint density at radius 3 is 2.90 bits per heavy atom. The lowest BCUT2D eigenvalue weighted by Crippen LogP contribution is -2.15. The molecule has 0 unspecified atom stereocenters. The van der Waals surface area contributed by atoms with Crippen LogP contribution in [0.2, 0.25) is 0 Å². The third-order valence-corrected chi connectivity index (χ3v) is 3.10. The van der Waals surface area contributed by atoms with Crippen molar-refractivity contribution in [3.8, 4) is 0 Å². The maximum absolute atomic E-state index is 11.9. The molecule has 1 amide bonds. The van der Waals surface area contributed by atoms with Gasteiger partial charge < -0.3 is 9.88 Å². The van der Waals surface area contributed by atoms with Gasteiger partial charge >= 0.3 is 0 Å². The highest BCUT2D eigenvalue weighted by Gasteiger charge is 2.06. The fraction of sp³-hybridized carbons (Fsp3) is 0.143. The van der Waals surface area contributed by atoms with E-state index >= 15 is 0 Å². The van der Waals surface area contributed by atoms with Gasteiger partial charge in [0.15, 0.2) is 0 Å². The molecule has 0 spiro atoms. The number of amides is 1. The van der Waals surface area contributed by atoms with E-state index in [1.807, 2.05) is 29.1 Å². The maximum atomic E-state index is 11.9. The van der Waals surface area contributed by atoms with Crippen LogP contribution in [0.25, 0.3) is 10.9 Å². The number of aryl methyl sites for hydroxylation is 1. The number of fused-ring (bicyclic) bond motifs is 1.